The topological polar surface area (TPSA) is 17.1 Å². The molecule has 0 aromatic heterocycles. The van der Waals surface area contributed by atoms with E-state index in [1.807, 2.05) is 0 Å². The Morgan fingerprint density at radius 1 is 1.12 bits per heavy atom. The van der Waals surface area contributed by atoms with Crippen LogP contribution < -0.4 is 0 Å². The van der Waals surface area contributed by atoms with E-state index in [9.17, 15) is 4.79 Å². The van der Waals surface area contributed by atoms with Crippen molar-refractivity contribution in [3.05, 3.63) is 12.2 Å². The molecule has 0 bridgehead atoms. The Hall–Kier alpha value is -1.47. The van der Waals surface area contributed by atoms with Crippen molar-refractivity contribution >= 4 is 5.78 Å². The van der Waals surface area contributed by atoms with Gasteiger partial charge in [0.2, 0.25) is 0 Å². The zero-order valence-corrected chi connectivity index (χ0v) is 10.3. The molecule has 0 aliphatic heterocycles. The highest BCUT2D eigenvalue weighted by Gasteiger charge is 1.92. The fourth-order valence-electron chi connectivity index (χ4n) is 1.23. The first-order valence-corrected chi connectivity index (χ1v) is 5.81. The minimum absolute atomic E-state index is 0.294. The fourth-order valence-corrected chi connectivity index (χ4v) is 1.23. The van der Waals surface area contributed by atoms with Crippen LogP contribution in [0.1, 0.15) is 52.4 Å². The quantitative estimate of drug-likeness (QED) is 0.361. The van der Waals surface area contributed by atoms with Gasteiger partial charge < -0.3 is 4.79 Å². The standard InChI is InChI=1S/C15H20O/c1-3-4-5-6-7-8-9-10-11-12-13-14-15(2)16/h8-9H,7,10-14H2,1-2H3/b9-8-. The van der Waals surface area contributed by atoms with Crippen LogP contribution in [0.5, 0.6) is 0 Å². The maximum Gasteiger partial charge on any atom is 0.129 e. The second-order valence-electron chi connectivity index (χ2n) is 3.65. The average molecular weight is 216 g/mol. The number of ketones is 1. The molecule has 0 aliphatic rings. The number of Topliss-reactive ketones (excluding diaryl/α,β-unsaturated/α-hetero) is 1. The smallest absolute Gasteiger partial charge is 0.129 e. The summed E-state index contributed by atoms with van der Waals surface area (Å²) in [5.74, 6) is 11.4. The summed E-state index contributed by atoms with van der Waals surface area (Å²) in [6, 6.07) is 0. The van der Waals surface area contributed by atoms with E-state index >= 15 is 0 Å². The molecule has 86 valence electrons. The number of rotatable bonds is 7. The van der Waals surface area contributed by atoms with Crippen LogP contribution in [0.2, 0.25) is 0 Å². The molecule has 0 saturated heterocycles. The van der Waals surface area contributed by atoms with E-state index in [0.29, 0.717) is 5.78 Å². The summed E-state index contributed by atoms with van der Waals surface area (Å²) in [7, 11) is 0. The number of unbranched alkanes of at least 4 members (excludes halogenated alkanes) is 3. The normalized spacial score (nSPS) is 9.12. The van der Waals surface area contributed by atoms with Gasteiger partial charge >= 0.3 is 0 Å². The molecule has 0 unspecified atom stereocenters. The molecular weight excluding hydrogens is 196 g/mol. The molecule has 0 heterocycles. The Balaban J connectivity index is 3.31. The average Bonchev–Trinajstić information content (AvgIpc) is 2.25. The molecule has 0 saturated carbocycles. The van der Waals surface area contributed by atoms with Gasteiger partial charge in [0.15, 0.2) is 0 Å². The second-order valence-corrected chi connectivity index (χ2v) is 3.65. The van der Waals surface area contributed by atoms with Gasteiger partial charge in [-0.2, -0.15) is 0 Å². The van der Waals surface area contributed by atoms with Crippen LogP contribution in [-0.2, 0) is 4.79 Å². The molecule has 0 aromatic rings. The van der Waals surface area contributed by atoms with Crippen molar-refractivity contribution in [2.24, 2.45) is 0 Å². The Morgan fingerprint density at radius 3 is 2.62 bits per heavy atom. The first kappa shape index (κ1) is 14.5. The molecular formula is C15H20O. The van der Waals surface area contributed by atoms with Crippen LogP contribution >= 0.6 is 0 Å². The van der Waals surface area contributed by atoms with E-state index in [0.717, 1.165) is 38.5 Å². The lowest BCUT2D eigenvalue weighted by molar-refractivity contribution is -0.117. The summed E-state index contributed by atoms with van der Waals surface area (Å²) >= 11 is 0. The van der Waals surface area contributed by atoms with Crippen molar-refractivity contribution in [1.82, 2.24) is 0 Å². The van der Waals surface area contributed by atoms with Crippen molar-refractivity contribution in [3.8, 4) is 23.7 Å². The van der Waals surface area contributed by atoms with Crippen molar-refractivity contribution in [2.45, 2.75) is 52.4 Å². The molecule has 0 spiro atoms. The molecule has 0 aliphatic carbocycles. The Bertz CT molecular complexity index is 328. The fraction of sp³-hybridized carbons (Fsp3) is 0.533. The van der Waals surface area contributed by atoms with Gasteiger partial charge in [-0.05, 0) is 45.0 Å². The summed E-state index contributed by atoms with van der Waals surface area (Å²) < 4.78 is 0. The third kappa shape index (κ3) is 12.5. The van der Waals surface area contributed by atoms with Gasteiger partial charge in [-0.15, -0.1) is 0 Å². The predicted octanol–water partition coefficient (Wildman–Crippen LogP) is 3.50. The van der Waals surface area contributed by atoms with E-state index < -0.39 is 0 Å². The lowest BCUT2D eigenvalue weighted by Crippen LogP contribution is -1.88. The Morgan fingerprint density at radius 2 is 1.94 bits per heavy atom. The molecule has 1 nitrogen and oxygen atoms in total. The Kier molecular flexibility index (Phi) is 10.5. The second kappa shape index (κ2) is 11.6. The first-order chi connectivity index (χ1) is 7.77. The number of hydrogen-bond donors (Lipinski definition) is 0. The maximum atomic E-state index is 10.7. The lowest BCUT2D eigenvalue weighted by atomic mass is 10.1. The Labute approximate surface area is 99.3 Å². The lowest BCUT2D eigenvalue weighted by Gasteiger charge is -1.95. The molecule has 0 radical (unpaired) electrons. The number of carbonyl (C=O) groups excluding carboxylic acids is 1. The minimum Gasteiger partial charge on any atom is -0.300 e. The first-order valence-electron chi connectivity index (χ1n) is 5.81. The summed E-state index contributed by atoms with van der Waals surface area (Å²) in [5.41, 5.74) is 0. The molecule has 0 amide bonds. The van der Waals surface area contributed by atoms with Crippen LogP contribution in [0.25, 0.3) is 0 Å². The molecule has 0 atom stereocenters. The summed E-state index contributed by atoms with van der Waals surface area (Å²) in [6.45, 7) is 3.43. The minimum atomic E-state index is 0.294. The van der Waals surface area contributed by atoms with E-state index in [4.69, 9.17) is 0 Å². The van der Waals surface area contributed by atoms with E-state index in [-0.39, 0.29) is 0 Å². The summed E-state index contributed by atoms with van der Waals surface area (Å²) in [4.78, 5) is 10.7. The van der Waals surface area contributed by atoms with Crippen LogP contribution in [0.4, 0.5) is 0 Å². The zero-order chi connectivity index (χ0) is 12.1. The zero-order valence-electron chi connectivity index (χ0n) is 10.3. The van der Waals surface area contributed by atoms with Crippen LogP contribution in [0, 0.1) is 23.7 Å². The van der Waals surface area contributed by atoms with Gasteiger partial charge in [-0.1, -0.05) is 30.4 Å². The maximum absolute atomic E-state index is 10.7. The number of allylic oxidation sites excluding steroid dienone is 2. The van der Waals surface area contributed by atoms with Gasteiger partial charge in [0.05, 0.1) is 0 Å². The summed E-state index contributed by atoms with van der Waals surface area (Å²) in [6.07, 6.45) is 10.1. The third-order valence-corrected chi connectivity index (χ3v) is 2.06. The van der Waals surface area contributed by atoms with Crippen LogP contribution in [-0.4, -0.2) is 5.78 Å². The SMILES string of the molecule is CC#CC#CC/C=C\CCCCCC(C)=O. The van der Waals surface area contributed by atoms with E-state index in [1.54, 1.807) is 13.8 Å². The largest absolute Gasteiger partial charge is 0.300 e. The molecule has 0 fully saturated rings. The van der Waals surface area contributed by atoms with Gasteiger partial charge in [-0.3, -0.25) is 0 Å². The third-order valence-electron chi connectivity index (χ3n) is 2.06. The molecule has 0 aromatic carbocycles. The van der Waals surface area contributed by atoms with Crippen molar-refractivity contribution in [1.29, 1.82) is 0 Å². The molecule has 1 heteroatoms. The van der Waals surface area contributed by atoms with Gasteiger partial charge in [0.1, 0.15) is 5.78 Å². The monoisotopic (exact) mass is 216 g/mol. The molecule has 0 N–H and O–H groups in total. The van der Waals surface area contributed by atoms with E-state index in [2.05, 4.69) is 35.8 Å². The number of hydrogen-bond acceptors (Lipinski definition) is 1. The predicted molar refractivity (Wildman–Crippen MR) is 68.7 cm³/mol. The van der Waals surface area contributed by atoms with Gasteiger partial charge in [-0.25, -0.2) is 0 Å². The van der Waals surface area contributed by atoms with Crippen LogP contribution in [0.3, 0.4) is 0 Å². The van der Waals surface area contributed by atoms with Crippen LogP contribution in [0.15, 0.2) is 12.2 Å². The van der Waals surface area contributed by atoms with E-state index in [1.165, 1.54) is 0 Å². The highest BCUT2D eigenvalue weighted by atomic mass is 16.1. The molecule has 0 rings (SSSR count). The van der Waals surface area contributed by atoms with Crippen molar-refractivity contribution < 1.29 is 4.79 Å². The van der Waals surface area contributed by atoms with Gasteiger partial charge in [0.25, 0.3) is 0 Å². The van der Waals surface area contributed by atoms with Gasteiger partial charge in [0, 0.05) is 12.8 Å². The highest BCUT2D eigenvalue weighted by molar-refractivity contribution is 5.75. The van der Waals surface area contributed by atoms with Crippen molar-refractivity contribution in [3.63, 3.8) is 0 Å². The summed E-state index contributed by atoms with van der Waals surface area (Å²) in [5, 5.41) is 0. The molecule has 16 heavy (non-hydrogen) atoms. The van der Waals surface area contributed by atoms with Crippen molar-refractivity contribution in [2.75, 3.05) is 0 Å². The number of carbonyl (C=O) groups is 1. The highest BCUT2D eigenvalue weighted by Crippen LogP contribution is 2.04.